The Morgan fingerprint density at radius 2 is 1.12 bits per heavy atom. The fourth-order valence-electron chi connectivity index (χ4n) is 4.75. The molecule has 0 aromatic heterocycles. The van der Waals surface area contributed by atoms with Crippen molar-refractivity contribution in [3.63, 3.8) is 0 Å². The zero-order chi connectivity index (χ0) is 42.4. The van der Waals surface area contributed by atoms with E-state index in [2.05, 4.69) is 44.5 Å². The summed E-state index contributed by atoms with van der Waals surface area (Å²) < 4.78 is 0. The number of benzene rings is 1. The van der Waals surface area contributed by atoms with Crippen LogP contribution in [-0.4, -0.2) is 128 Å². The second-order valence-corrected chi connectivity index (χ2v) is 12.8. The molecule has 22 nitrogen and oxygen atoms in total. The van der Waals surface area contributed by atoms with Gasteiger partial charge in [0.25, 0.3) is 0 Å². The van der Waals surface area contributed by atoms with Gasteiger partial charge in [-0.2, -0.15) is 12.6 Å². The van der Waals surface area contributed by atoms with E-state index in [4.69, 9.17) is 15.3 Å². The first kappa shape index (κ1) is 47.9. The van der Waals surface area contributed by atoms with Gasteiger partial charge in [-0.05, 0) is 43.7 Å². The van der Waals surface area contributed by atoms with Crippen molar-refractivity contribution in [1.29, 1.82) is 0 Å². The highest BCUT2D eigenvalue weighted by molar-refractivity contribution is 7.80. The summed E-state index contributed by atoms with van der Waals surface area (Å²) in [5.74, 6) is -10.6. The molecular formula is C33H47N7O15S. The van der Waals surface area contributed by atoms with Gasteiger partial charge in [-0.1, -0.05) is 24.3 Å². The Bertz CT molecular complexity index is 1580. The van der Waals surface area contributed by atoms with E-state index >= 15 is 0 Å². The first-order valence-corrected chi connectivity index (χ1v) is 17.7. The second kappa shape index (κ2) is 25.0. The topological polar surface area (TPSA) is 356 Å². The van der Waals surface area contributed by atoms with Crippen LogP contribution < -0.4 is 37.2 Å². The van der Waals surface area contributed by atoms with Crippen LogP contribution in [-0.2, 0) is 51.3 Å². The van der Waals surface area contributed by atoms with Gasteiger partial charge in [0.15, 0.2) is 0 Å². The van der Waals surface area contributed by atoms with Crippen molar-refractivity contribution in [2.24, 2.45) is 0 Å². The zero-order valence-corrected chi connectivity index (χ0v) is 31.1. The minimum atomic E-state index is -1.81. The third-order valence-corrected chi connectivity index (χ3v) is 8.02. The molecule has 0 fully saturated rings. The Labute approximate surface area is 325 Å². The molecule has 310 valence electrons. The third kappa shape index (κ3) is 20.4. The zero-order valence-electron chi connectivity index (χ0n) is 30.2. The van der Waals surface area contributed by atoms with Gasteiger partial charge in [0.05, 0.1) is 19.3 Å². The summed E-state index contributed by atoms with van der Waals surface area (Å²) in [7, 11) is 0. The van der Waals surface area contributed by atoms with Crippen LogP contribution in [0.5, 0.6) is 0 Å². The Morgan fingerprint density at radius 1 is 0.589 bits per heavy atom. The van der Waals surface area contributed by atoms with Gasteiger partial charge in [-0.3, -0.25) is 28.8 Å². The molecule has 0 radical (unpaired) electrons. The van der Waals surface area contributed by atoms with Gasteiger partial charge >= 0.3 is 41.9 Å². The van der Waals surface area contributed by atoms with Gasteiger partial charge in [0.1, 0.15) is 24.2 Å². The van der Waals surface area contributed by atoms with Gasteiger partial charge in [0, 0.05) is 31.3 Å². The van der Waals surface area contributed by atoms with Crippen molar-refractivity contribution < 1.29 is 73.5 Å². The van der Waals surface area contributed by atoms with Crippen LogP contribution in [0.1, 0.15) is 63.0 Å². The number of carbonyl (C=O) groups is 10. The molecule has 12 N–H and O–H groups in total. The molecule has 0 aliphatic carbocycles. The molecule has 0 aliphatic heterocycles. The third-order valence-electron chi connectivity index (χ3n) is 7.66. The molecule has 23 heteroatoms. The number of thiol groups is 1. The lowest BCUT2D eigenvalue weighted by atomic mass is 10.1. The van der Waals surface area contributed by atoms with Crippen LogP contribution in [0.2, 0.25) is 0 Å². The number of carboxylic acids is 5. The van der Waals surface area contributed by atoms with E-state index in [1.54, 1.807) is 31.2 Å². The molecular weight excluding hydrogens is 766 g/mol. The molecule has 1 rings (SSSR count). The molecule has 5 unspecified atom stereocenters. The fourth-order valence-corrected chi connectivity index (χ4v) is 4.99. The van der Waals surface area contributed by atoms with E-state index in [1.165, 1.54) is 0 Å². The Hall–Kier alpha value is -6.13. The van der Waals surface area contributed by atoms with E-state index in [1.807, 2.05) is 5.32 Å². The van der Waals surface area contributed by atoms with Crippen molar-refractivity contribution in [3.8, 4) is 0 Å². The number of rotatable bonds is 26. The first-order chi connectivity index (χ1) is 26.3. The Kier molecular flexibility index (Phi) is 21.4. The normalized spacial score (nSPS) is 13.2. The average Bonchev–Trinajstić information content (AvgIpc) is 3.10. The molecule has 0 spiro atoms. The fraction of sp³-hybridized carbons (Fsp3) is 0.515. The summed E-state index contributed by atoms with van der Waals surface area (Å²) in [6.07, 6.45) is -1.22. The van der Waals surface area contributed by atoms with Crippen LogP contribution in [0.4, 0.5) is 9.59 Å². The molecule has 1 aromatic carbocycles. The van der Waals surface area contributed by atoms with E-state index in [0.29, 0.717) is 36.9 Å². The van der Waals surface area contributed by atoms with Crippen LogP contribution in [0, 0.1) is 0 Å². The van der Waals surface area contributed by atoms with Gasteiger partial charge < -0.3 is 62.8 Å². The van der Waals surface area contributed by atoms with Crippen LogP contribution in [0.25, 0.3) is 0 Å². The molecule has 0 heterocycles. The predicted molar refractivity (Wildman–Crippen MR) is 195 cm³/mol. The monoisotopic (exact) mass is 813 g/mol. The van der Waals surface area contributed by atoms with E-state index in [9.17, 15) is 58.2 Å². The Balaban J connectivity index is 2.56. The number of carboxylic acid groups (broad SMARTS) is 5. The quantitative estimate of drug-likeness (QED) is 0.0379. The number of amides is 7. The van der Waals surface area contributed by atoms with Gasteiger partial charge in [-0.25, -0.2) is 19.2 Å². The summed E-state index contributed by atoms with van der Waals surface area (Å²) >= 11 is 3.79. The lowest BCUT2D eigenvalue weighted by Crippen LogP contribution is -2.57. The average molecular weight is 814 g/mol. The molecule has 1 aromatic rings. The highest BCUT2D eigenvalue weighted by atomic mass is 32.1. The minimum absolute atomic E-state index is 0.116. The predicted octanol–water partition coefficient (Wildman–Crippen LogP) is -1.38. The van der Waals surface area contributed by atoms with Crippen molar-refractivity contribution in [2.75, 3.05) is 12.3 Å². The van der Waals surface area contributed by atoms with Gasteiger partial charge in [-0.15, -0.1) is 0 Å². The lowest BCUT2D eigenvalue weighted by molar-refractivity contribution is -0.144. The van der Waals surface area contributed by atoms with Crippen molar-refractivity contribution in [2.45, 2.75) is 95.0 Å². The SMILES string of the molecule is CC(CCCCNC(=O)NCc1ccc(CC(=O)NC(CC(=O)O)C(=O)NC(CC(=O)O)C(=O)NC(CS)C(=O)O)cc1)NC(=O)NC(CCC(=O)O)C(=O)O. The molecule has 0 bridgehead atoms. The number of carbonyl (C=O) groups excluding carboxylic acids is 5. The summed E-state index contributed by atoms with van der Waals surface area (Å²) in [6.45, 7) is 2.13. The largest absolute Gasteiger partial charge is 0.481 e. The number of hydrogen-bond acceptors (Lipinski definition) is 11. The summed E-state index contributed by atoms with van der Waals surface area (Å²) in [6, 6.07) is -1.59. The highest BCUT2D eigenvalue weighted by Gasteiger charge is 2.32. The summed E-state index contributed by atoms with van der Waals surface area (Å²) in [4.78, 5) is 118. The first-order valence-electron chi connectivity index (χ1n) is 17.1. The summed E-state index contributed by atoms with van der Waals surface area (Å²) in [5, 5.41) is 61.9. The number of unbranched alkanes of at least 4 members (excludes halogenated alkanes) is 1. The number of nitrogens with one attached hydrogen (secondary N) is 7. The maximum absolute atomic E-state index is 12.9. The van der Waals surface area contributed by atoms with Crippen LogP contribution >= 0.6 is 12.6 Å². The minimum Gasteiger partial charge on any atom is -0.481 e. The molecule has 56 heavy (non-hydrogen) atoms. The van der Waals surface area contributed by atoms with E-state index in [-0.39, 0.29) is 31.2 Å². The standard InChI is InChI=1S/C33H47N7O15S/c1-17(36-33(55)40-20(30(50)51)9-10-25(42)43)4-2-3-11-34-32(54)35-15-19-7-5-18(6-8-19)12-24(41)37-21(13-26(44)45)28(48)38-22(14-27(46)47)29(49)39-23(16-56)31(52)53/h5-8,17,20-23,56H,2-4,9-16H2,1H3,(H,37,41)(H,38,48)(H,39,49)(H,42,43)(H,44,45)(H,46,47)(H,50,51)(H,52,53)(H2,34,35,54)(H2,36,40,55). The van der Waals surface area contributed by atoms with Crippen molar-refractivity contribution in [3.05, 3.63) is 35.4 Å². The second-order valence-electron chi connectivity index (χ2n) is 12.4. The molecule has 0 saturated heterocycles. The Morgan fingerprint density at radius 3 is 1.64 bits per heavy atom. The van der Waals surface area contributed by atoms with E-state index < -0.39 is 103 Å². The maximum Gasteiger partial charge on any atom is 0.327 e. The van der Waals surface area contributed by atoms with Crippen molar-refractivity contribution >= 4 is 72.3 Å². The number of urea groups is 2. The van der Waals surface area contributed by atoms with Gasteiger partial charge in [0.2, 0.25) is 17.7 Å². The van der Waals surface area contributed by atoms with E-state index in [0.717, 1.165) is 0 Å². The molecule has 0 aliphatic rings. The smallest absolute Gasteiger partial charge is 0.327 e. The number of aliphatic carboxylic acids is 5. The molecule has 5 atom stereocenters. The molecule has 7 amide bonds. The van der Waals surface area contributed by atoms with Crippen LogP contribution in [0.15, 0.2) is 24.3 Å². The van der Waals surface area contributed by atoms with Crippen molar-refractivity contribution in [1.82, 2.24) is 37.2 Å². The highest BCUT2D eigenvalue weighted by Crippen LogP contribution is 2.07. The summed E-state index contributed by atoms with van der Waals surface area (Å²) in [5.41, 5.74) is 1.10. The van der Waals surface area contributed by atoms with Crippen LogP contribution in [0.3, 0.4) is 0 Å². The maximum atomic E-state index is 12.9. The molecule has 0 saturated carbocycles. The lowest BCUT2D eigenvalue weighted by Gasteiger charge is -2.22. The number of hydrogen-bond donors (Lipinski definition) is 13.